The molecule has 2 heteroatoms. The Bertz CT molecular complexity index is 383. The molecule has 2 nitrogen and oxygen atoms in total. The van der Waals surface area contributed by atoms with Crippen molar-refractivity contribution >= 4 is 5.97 Å². The molecule has 0 amide bonds. The molecule has 0 radical (unpaired) electrons. The highest BCUT2D eigenvalue weighted by Crippen LogP contribution is 2.49. The van der Waals surface area contributed by atoms with Gasteiger partial charge in [0.2, 0.25) is 0 Å². The number of rotatable bonds is 7. The molecular formula is C19H36O2. The predicted octanol–water partition coefficient (Wildman–Crippen LogP) is 5.92. The molecule has 0 aromatic carbocycles. The van der Waals surface area contributed by atoms with Crippen molar-refractivity contribution in [2.24, 2.45) is 21.7 Å². The van der Waals surface area contributed by atoms with Crippen LogP contribution in [0.3, 0.4) is 0 Å². The van der Waals surface area contributed by atoms with Crippen molar-refractivity contribution in [2.75, 3.05) is 0 Å². The second-order valence-electron chi connectivity index (χ2n) is 9.19. The zero-order chi connectivity index (χ0) is 17.1. The maximum atomic E-state index is 11.4. The zero-order valence-electron chi connectivity index (χ0n) is 15.6. The minimum Gasteiger partial charge on any atom is -0.481 e. The highest BCUT2D eigenvalue weighted by molar-refractivity contribution is 5.73. The van der Waals surface area contributed by atoms with E-state index in [9.17, 15) is 9.90 Å². The van der Waals surface area contributed by atoms with Crippen molar-refractivity contribution in [1.82, 2.24) is 0 Å². The lowest BCUT2D eigenvalue weighted by Gasteiger charge is -2.45. The third kappa shape index (κ3) is 5.84. The highest BCUT2D eigenvalue weighted by atomic mass is 16.4. The number of carboxylic acid groups (broad SMARTS) is 1. The quantitative estimate of drug-likeness (QED) is 0.592. The summed E-state index contributed by atoms with van der Waals surface area (Å²) in [6, 6.07) is 0. The Kier molecular flexibility index (Phi) is 6.29. The lowest BCUT2D eigenvalue weighted by molar-refractivity contribution is -0.149. The Morgan fingerprint density at radius 1 is 1.00 bits per heavy atom. The zero-order valence-corrected chi connectivity index (χ0v) is 15.6. The molecule has 0 rings (SSSR count). The molecule has 0 heterocycles. The van der Waals surface area contributed by atoms with Crippen molar-refractivity contribution in [2.45, 2.75) is 81.6 Å². The standard InChI is InChI=1S/C19H36O2/c1-10-19(9,13-11-12-16(2,3)4)18(7,8)14-17(5,6)15(20)21/h11,13H,10,12,14H2,1-9H3,(H,20,21). The molecule has 0 bridgehead atoms. The Morgan fingerprint density at radius 2 is 1.48 bits per heavy atom. The molecule has 1 unspecified atom stereocenters. The molecule has 0 saturated carbocycles. The van der Waals surface area contributed by atoms with Gasteiger partial charge in [0.1, 0.15) is 0 Å². The molecular weight excluding hydrogens is 260 g/mol. The van der Waals surface area contributed by atoms with E-state index in [0.29, 0.717) is 6.42 Å². The van der Waals surface area contributed by atoms with E-state index in [-0.39, 0.29) is 16.2 Å². The summed E-state index contributed by atoms with van der Waals surface area (Å²) in [6.07, 6.45) is 7.31. The summed E-state index contributed by atoms with van der Waals surface area (Å²) in [4.78, 5) is 11.4. The van der Waals surface area contributed by atoms with Gasteiger partial charge in [0.05, 0.1) is 5.41 Å². The predicted molar refractivity (Wildman–Crippen MR) is 91.4 cm³/mol. The fraction of sp³-hybridized carbons (Fsp3) is 0.842. The van der Waals surface area contributed by atoms with E-state index < -0.39 is 11.4 Å². The van der Waals surface area contributed by atoms with Crippen molar-refractivity contribution in [1.29, 1.82) is 0 Å². The van der Waals surface area contributed by atoms with Crippen LogP contribution in [0.2, 0.25) is 0 Å². The van der Waals surface area contributed by atoms with Crippen molar-refractivity contribution in [3.8, 4) is 0 Å². The fourth-order valence-corrected chi connectivity index (χ4v) is 2.88. The fourth-order valence-electron chi connectivity index (χ4n) is 2.88. The van der Waals surface area contributed by atoms with Crippen molar-refractivity contribution in [3.05, 3.63) is 12.2 Å². The SMILES string of the molecule is CCC(C)(C=CCC(C)(C)C)C(C)(C)CC(C)(C)C(=O)O. The first-order chi connectivity index (χ1) is 9.17. The Labute approximate surface area is 132 Å². The first kappa shape index (κ1) is 20.2. The van der Waals surface area contributed by atoms with Crippen molar-refractivity contribution < 1.29 is 9.90 Å². The molecule has 124 valence electrons. The van der Waals surface area contributed by atoms with Gasteiger partial charge < -0.3 is 5.11 Å². The van der Waals surface area contributed by atoms with E-state index >= 15 is 0 Å². The molecule has 0 aromatic heterocycles. The van der Waals surface area contributed by atoms with Gasteiger partial charge in [-0.1, -0.05) is 60.6 Å². The Balaban J connectivity index is 5.25. The van der Waals surface area contributed by atoms with Crippen LogP contribution in [0.25, 0.3) is 0 Å². The number of hydrogen-bond acceptors (Lipinski definition) is 1. The van der Waals surface area contributed by atoms with Gasteiger partial charge >= 0.3 is 5.97 Å². The minimum absolute atomic E-state index is 0.00493. The van der Waals surface area contributed by atoms with Crippen LogP contribution in [0, 0.1) is 21.7 Å². The van der Waals surface area contributed by atoms with Crippen LogP contribution in [0.1, 0.15) is 81.6 Å². The topological polar surface area (TPSA) is 37.3 Å². The van der Waals surface area contributed by atoms with E-state index in [1.165, 1.54) is 0 Å². The molecule has 0 aromatic rings. The first-order valence-corrected chi connectivity index (χ1v) is 8.08. The number of carbonyl (C=O) groups is 1. The van der Waals surface area contributed by atoms with Crippen molar-refractivity contribution in [3.63, 3.8) is 0 Å². The van der Waals surface area contributed by atoms with Crippen LogP contribution in [0.4, 0.5) is 0 Å². The summed E-state index contributed by atoms with van der Waals surface area (Å²) in [6.45, 7) is 19.2. The van der Waals surface area contributed by atoms with Crippen LogP contribution in [0.15, 0.2) is 12.2 Å². The first-order valence-electron chi connectivity index (χ1n) is 8.08. The van der Waals surface area contributed by atoms with E-state index in [1.54, 1.807) is 0 Å². The summed E-state index contributed by atoms with van der Waals surface area (Å²) in [5.41, 5.74) is -0.476. The third-order valence-electron chi connectivity index (χ3n) is 4.96. The van der Waals surface area contributed by atoms with E-state index in [0.717, 1.165) is 12.8 Å². The molecule has 0 saturated heterocycles. The summed E-state index contributed by atoms with van der Waals surface area (Å²) >= 11 is 0. The summed E-state index contributed by atoms with van der Waals surface area (Å²) in [5.74, 6) is -0.715. The number of carboxylic acids is 1. The van der Waals surface area contributed by atoms with Gasteiger partial charge in [0.25, 0.3) is 0 Å². The molecule has 21 heavy (non-hydrogen) atoms. The average Bonchev–Trinajstić information content (AvgIpc) is 2.25. The van der Waals surface area contributed by atoms with Gasteiger partial charge in [0, 0.05) is 0 Å². The van der Waals surface area contributed by atoms with E-state index in [4.69, 9.17) is 0 Å². The Hall–Kier alpha value is -0.790. The molecule has 1 N–H and O–H groups in total. The van der Waals surface area contributed by atoms with Gasteiger partial charge in [-0.3, -0.25) is 4.79 Å². The molecule has 0 aliphatic carbocycles. The van der Waals surface area contributed by atoms with Gasteiger partial charge in [-0.25, -0.2) is 0 Å². The summed E-state index contributed by atoms with van der Waals surface area (Å²) in [5, 5.41) is 9.41. The van der Waals surface area contributed by atoms with Gasteiger partial charge in [-0.2, -0.15) is 0 Å². The summed E-state index contributed by atoms with van der Waals surface area (Å²) < 4.78 is 0. The van der Waals surface area contributed by atoms with Gasteiger partial charge in [0.15, 0.2) is 0 Å². The molecule has 0 fully saturated rings. The second kappa shape index (κ2) is 6.54. The van der Waals surface area contributed by atoms with Gasteiger partial charge in [-0.05, 0) is 49.4 Å². The molecule has 1 atom stereocenters. The van der Waals surface area contributed by atoms with Crippen LogP contribution in [0.5, 0.6) is 0 Å². The minimum atomic E-state index is -0.715. The van der Waals surface area contributed by atoms with E-state index in [2.05, 4.69) is 60.6 Å². The largest absolute Gasteiger partial charge is 0.481 e. The molecule has 0 aliphatic rings. The number of aliphatic carboxylic acids is 1. The molecule has 0 spiro atoms. The third-order valence-corrected chi connectivity index (χ3v) is 4.96. The molecule has 0 aliphatic heterocycles. The lowest BCUT2D eigenvalue weighted by atomic mass is 9.59. The van der Waals surface area contributed by atoms with Crippen LogP contribution in [-0.4, -0.2) is 11.1 Å². The van der Waals surface area contributed by atoms with Crippen LogP contribution >= 0.6 is 0 Å². The maximum Gasteiger partial charge on any atom is 0.309 e. The number of hydrogen-bond donors (Lipinski definition) is 1. The monoisotopic (exact) mass is 296 g/mol. The van der Waals surface area contributed by atoms with Crippen LogP contribution in [-0.2, 0) is 4.79 Å². The highest BCUT2D eigenvalue weighted by Gasteiger charge is 2.43. The smallest absolute Gasteiger partial charge is 0.309 e. The average molecular weight is 296 g/mol. The Morgan fingerprint density at radius 3 is 1.81 bits per heavy atom. The summed E-state index contributed by atoms with van der Waals surface area (Å²) in [7, 11) is 0. The van der Waals surface area contributed by atoms with Crippen LogP contribution < -0.4 is 0 Å². The van der Waals surface area contributed by atoms with Gasteiger partial charge in [-0.15, -0.1) is 0 Å². The maximum absolute atomic E-state index is 11.4. The normalized spacial score (nSPS) is 17.0. The lowest BCUT2D eigenvalue weighted by Crippen LogP contribution is -2.39. The number of allylic oxidation sites excluding steroid dienone is 2. The van der Waals surface area contributed by atoms with E-state index in [1.807, 2.05) is 13.8 Å². The second-order valence-corrected chi connectivity index (χ2v) is 9.19.